The zero-order valence-corrected chi connectivity index (χ0v) is 9.03. The van der Waals surface area contributed by atoms with Gasteiger partial charge in [-0.25, -0.2) is 0 Å². The molecule has 1 unspecified atom stereocenters. The number of rotatable bonds is 2. The predicted octanol–water partition coefficient (Wildman–Crippen LogP) is -3.42. The number of nitrogens with two attached hydrogens (primary N) is 1. The van der Waals surface area contributed by atoms with Gasteiger partial charge in [-0.15, -0.1) is 5.75 Å². The predicted molar refractivity (Wildman–Crippen MR) is 39.8 cm³/mol. The van der Waals surface area contributed by atoms with Gasteiger partial charge < -0.3 is 15.9 Å². The fraction of sp³-hybridized carbons (Fsp3) is 0.250. The zero-order chi connectivity index (χ0) is 8.27. The summed E-state index contributed by atoms with van der Waals surface area (Å²) in [6.07, 6.45) is -0.451. The standard InChI is InChI=1S/C8H11NO2.Na/c9-8(11)5-6-1-3-7(10)4-2-6;/h1-4,8,10-11H,5,9H2;/q;+1/p-1. The van der Waals surface area contributed by atoms with Crippen LogP contribution in [-0.4, -0.2) is 11.3 Å². The van der Waals surface area contributed by atoms with Crippen LogP contribution in [0.1, 0.15) is 5.56 Å². The van der Waals surface area contributed by atoms with E-state index in [1.807, 2.05) is 0 Å². The van der Waals surface area contributed by atoms with Crippen LogP contribution >= 0.6 is 0 Å². The van der Waals surface area contributed by atoms with E-state index >= 15 is 0 Å². The Kier molecular flexibility index (Phi) is 5.53. The third-order valence-electron chi connectivity index (χ3n) is 1.37. The fourth-order valence-electron chi connectivity index (χ4n) is 0.867. The molecule has 0 aliphatic carbocycles. The first-order valence-electron chi connectivity index (χ1n) is 3.38. The largest absolute Gasteiger partial charge is 1.00 e. The van der Waals surface area contributed by atoms with E-state index in [0.29, 0.717) is 6.42 Å². The van der Waals surface area contributed by atoms with Crippen LogP contribution in [0.25, 0.3) is 0 Å². The molecule has 0 spiro atoms. The van der Waals surface area contributed by atoms with Crippen LogP contribution in [0.3, 0.4) is 0 Å². The van der Waals surface area contributed by atoms with Crippen LogP contribution in [0, 0.1) is 0 Å². The van der Waals surface area contributed by atoms with Crippen LogP contribution in [0.4, 0.5) is 0 Å². The maximum absolute atomic E-state index is 10.6. The van der Waals surface area contributed by atoms with Crippen molar-refractivity contribution >= 4 is 0 Å². The molecule has 1 aromatic carbocycles. The van der Waals surface area contributed by atoms with Crippen molar-refractivity contribution in [1.29, 1.82) is 0 Å². The van der Waals surface area contributed by atoms with Crippen molar-refractivity contribution in [3.63, 3.8) is 0 Å². The fourth-order valence-corrected chi connectivity index (χ4v) is 0.867. The van der Waals surface area contributed by atoms with E-state index in [1.54, 1.807) is 12.1 Å². The average Bonchev–Trinajstić information content (AvgIpc) is 1.93. The van der Waals surface area contributed by atoms with Crippen molar-refractivity contribution in [2.24, 2.45) is 5.73 Å². The van der Waals surface area contributed by atoms with Crippen molar-refractivity contribution in [1.82, 2.24) is 0 Å². The summed E-state index contributed by atoms with van der Waals surface area (Å²) < 4.78 is 0. The maximum Gasteiger partial charge on any atom is 1.00 e. The molecule has 0 amide bonds. The van der Waals surface area contributed by atoms with Gasteiger partial charge in [0.2, 0.25) is 0 Å². The SMILES string of the molecule is NC(O)Cc1ccc([O-])cc1.[Na+]. The molecule has 1 rings (SSSR count). The van der Waals surface area contributed by atoms with Crippen LogP contribution < -0.4 is 40.4 Å². The molecule has 0 aliphatic heterocycles. The number of benzene rings is 1. The summed E-state index contributed by atoms with van der Waals surface area (Å²) in [5.74, 6) is -0.0275. The molecular weight excluding hydrogens is 165 g/mol. The minimum absolute atomic E-state index is 0. The monoisotopic (exact) mass is 175 g/mol. The second-order valence-corrected chi connectivity index (χ2v) is 2.42. The van der Waals surface area contributed by atoms with Gasteiger partial charge in [0.25, 0.3) is 0 Å². The average molecular weight is 175 g/mol. The number of aliphatic hydroxyl groups is 1. The van der Waals surface area contributed by atoms with Gasteiger partial charge in [-0.1, -0.05) is 24.3 Å². The second-order valence-electron chi connectivity index (χ2n) is 2.42. The van der Waals surface area contributed by atoms with E-state index in [2.05, 4.69) is 0 Å². The van der Waals surface area contributed by atoms with Gasteiger partial charge >= 0.3 is 29.6 Å². The topological polar surface area (TPSA) is 69.3 Å². The Balaban J connectivity index is 0.00000121. The Morgan fingerprint density at radius 3 is 2.25 bits per heavy atom. The van der Waals surface area contributed by atoms with Gasteiger partial charge in [-0.2, -0.15) is 0 Å². The number of aliphatic hydroxyl groups excluding tert-OH is 1. The summed E-state index contributed by atoms with van der Waals surface area (Å²) in [7, 11) is 0. The van der Waals surface area contributed by atoms with E-state index in [4.69, 9.17) is 10.8 Å². The van der Waals surface area contributed by atoms with Gasteiger partial charge in [0.1, 0.15) is 6.23 Å². The van der Waals surface area contributed by atoms with Crippen molar-refractivity contribution in [2.45, 2.75) is 12.6 Å². The summed E-state index contributed by atoms with van der Waals surface area (Å²) in [4.78, 5) is 0. The zero-order valence-electron chi connectivity index (χ0n) is 7.03. The molecule has 0 fully saturated rings. The molecular formula is C8H10NNaO2. The molecule has 0 radical (unpaired) electrons. The van der Waals surface area contributed by atoms with Gasteiger partial charge in [0, 0.05) is 6.42 Å². The maximum atomic E-state index is 10.6. The number of hydrogen-bond donors (Lipinski definition) is 2. The van der Waals surface area contributed by atoms with E-state index in [-0.39, 0.29) is 35.3 Å². The Bertz CT molecular complexity index is 223. The quantitative estimate of drug-likeness (QED) is 0.363. The van der Waals surface area contributed by atoms with E-state index in [9.17, 15) is 5.11 Å². The Morgan fingerprint density at radius 2 is 1.83 bits per heavy atom. The summed E-state index contributed by atoms with van der Waals surface area (Å²) >= 11 is 0. The van der Waals surface area contributed by atoms with E-state index < -0.39 is 6.23 Å². The third-order valence-corrected chi connectivity index (χ3v) is 1.37. The molecule has 0 bridgehead atoms. The second kappa shape index (κ2) is 5.56. The Labute approximate surface area is 93.5 Å². The Morgan fingerprint density at radius 1 is 1.33 bits per heavy atom. The minimum atomic E-state index is -0.840. The smallest absolute Gasteiger partial charge is 0.872 e. The normalized spacial score (nSPS) is 11.8. The first kappa shape index (κ1) is 11.9. The Hall–Kier alpha value is -0.0600. The van der Waals surface area contributed by atoms with Crippen LogP contribution in [0.5, 0.6) is 5.75 Å². The van der Waals surface area contributed by atoms with Crippen molar-refractivity contribution in [3.05, 3.63) is 29.8 Å². The molecule has 0 aromatic heterocycles. The van der Waals surface area contributed by atoms with Crippen LogP contribution in [-0.2, 0) is 6.42 Å². The van der Waals surface area contributed by atoms with Gasteiger partial charge in [0.05, 0.1) is 0 Å². The first-order chi connectivity index (χ1) is 5.18. The molecule has 3 N–H and O–H groups in total. The molecule has 4 heteroatoms. The molecule has 1 aromatic rings. The van der Waals surface area contributed by atoms with Gasteiger partial charge in [0.15, 0.2) is 0 Å². The van der Waals surface area contributed by atoms with E-state index in [1.165, 1.54) is 12.1 Å². The summed E-state index contributed by atoms with van der Waals surface area (Å²) in [6.45, 7) is 0. The molecule has 1 atom stereocenters. The summed E-state index contributed by atoms with van der Waals surface area (Å²) in [5.41, 5.74) is 6.01. The van der Waals surface area contributed by atoms with Gasteiger partial charge in [-0.3, -0.25) is 0 Å². The molecule has 0 saturated heterocycles. The molecule has 3 nitrogen and oxygen atoms in total. The van der Waals surface area contributed by atoms with Crippen molar-refractivity contribution in [2.75, 3.05) is 0 Å². The van der Waals surface area contributed by atoms with Crippen LogP contribution in [0.15, 0.2) is 24.3 Å². The number of hydrogen-bond acceptors (Lipinski definition) is 3. The van der Waals surface area contributed by atoms with Crippen LogP contribution in [0.2, 0.25) is 0 Å². The summed E-state index contributed by atoms with van der Waals surface area (Å²) in [5, 5.41) is 19.4. The first-order valence-corrected chi connectivity index (χ1v) is 3.38. The molecule has 0 heterocycles. The molecule has 60 valence electrons. The van der Waals surface area contributed by atoms with E-state index in [0.717, 1.165) is 5.56 Å². The van der Waals surface area contributed by atoms with Crippen molar-refractivity contribution < 1.29 is 39.8 Å². The van der Waals surface area contributed by atoms with Gasteiger partial charge in [-0.05, 0) is 5.56 Å². The minimum Gasteiger partial charge on any atom is -0.872 e. The molecule has 0 saturated carbocycles. The molecule has 12 heavy (non-hydrogen) atoms. The molecule has 0 aliphatic rings. The summed E-state index contributed by atoms with van der Waals surface area (Å²) in [6, 6.07) is 6.24. The third kappa shape index (κ3) is 4.09. The van der Waals surface area contributed by atoms with Crippen molar-refractivity contribution in [3.8, 4) is 5.75 Å².